The third-order valence-corrected chi connectivity index (χ3v) is 6.29. The number of carbonyl (C=O) groups is 2. The molecule has 22 heavy (non-hydrogen) atoms. The lowest BCUT2D eigenvalue weighted by atomic mass is 9.54. The summed E-state index contributed by atoms with van der Waals surface area (Å²) in [6, 6.07) is -0.239. The topological polar surface area (TPSA) is 84.7 Å². The van der Waals surface area contributed by atoms with Crippen molar-refractivity contribution in [1.29, 1.82) is 0 Å². The molecule has 1 unspecified atom stereocenters. The second kappa shape index (κ2) is 4.85. The summed E-state index contributed by atoms with van der Waals surface area (Å²) in [6.07, 6.45) is 7.31. The third-order valence-electron chi connectivity index (χ3n) is 6.29. The fraction of sp³-hybridized carbons (Fsp3) is 0.875. The minimum Gasteiger partial charge on any atom is -0.381 e. The Morgan fingerprint density at radius 3 is 2.32 bits per heavy atom. The molecule has 4 rings (SSSR count). The highest BCUT2D eigenvalue weighted by Gasteiger charge is 2.64. The van der Waals surface area contributed by atoms with Crippen LogP contribution in [0, 0.1) is 11.3 Å². The lowest BCUT2D eigenvalue weighted by Gasteiger charge is -2.65. The summed E-state index contributed by atoms with van der Waals surface area (Å²) in [6.45, 7) is 2.49. The molecule has 3 N–H and O–H groups in total. The summed E-state index contributed by atoms with van der Waals surface area (Å²) in [5, 5.41) is 2.69. The lowest BCUT2D eigenvalue weighted by Crippen LogP contribution is -2.74. The van der Waals surface area contributed by atoms with Gasteiger partial charge in [0.25, 0.3) is 0 Å². The number of primary amides is 1. The molecular weight excluding hydrogens is 282 g/mol. The van der Waals surface area contributed by atoms with Gasteiger partial charge in [-0.25, -0.2) is 4.79 Å². The fourth-order valence-electron chi connectivity index (χ4n) is 4.85. The highest BCUT2D eigenvalue weighted by atomic mass is 16.5. The summed E-state index contributed by atoms with van der Waals surface area (Å²) < 4.78 is 5.49. The van der Waals surface area contributed by atoms with Gasteiger partial charge in [-0.15, -0.1) is 0 Å². The largest absolute Gasteiger partial charge is 0.381 e. The van der Waals surface area contributed by atoms with Crippen molar-refractivity contribution < 1.29 is 14.3 Å². The molecular formula is C16H25N3O3. The van der Waals surface area contributed by atoms with Gasteiger partial charge < -0.3 is 20.7 Å². The number of rotatable bonds is 3. The molecule has 3 amide bonds. The highest BCUT2D eigenvalue weighted by Crippen LogP contribution is 2.58. The van der Waals surface area contributed by atoms with Crippen molar-refractivity contribution in [2.45, 2.75) is 56.5 Å². The summed E-state index contributed by atoms with van der Waals surface area (Å²) in [7, 11) is 0. The zero-order valence-electron chi connectivity index (χ0n) is 13.0. The van der Waals surface area contributed by atoms with Gasteiger partial charge in [0.1, 0.15) is 5.54 Å². The molecule has 0 aromatic carbocycles. The van der Waals surface area contributed by atoms with Gasteiger partial charge in [0, 0.05) is 31.2 Å². The van der Waals surface area contributed by atoms with Crippen molar-refractivity contribution in [3.8, 4) is 0 Å². The number of hydrogen-bond donors (Lipinski definition) is 2. The van der Waals surface area contributed by atoms with E-state index in [4.69, 9.17) is 10.5 Å². The monoisotopic (exact) mass is 307 g/mol. The number of nitrogens with zero attached hydrogens (tertiary/aromatic N) is 1. The first-order chi connectivity index (χ1) is 10.6. The predicted molar refractivity (Wildman–Crippen MR) is 80.0 cm³/mol. The number of ether oxygens (including phenoxy) is 1. The molecule has 122 valence electrons. The molecule has 6 heteroatoms. The third kappa shape index (κ3) is 2.03. The van der Waals surface area contributed by atoms with Crippen LogP contribution in [0.2, 0.25) is 0 Å². The van der Waals surface area contributed by atoms with E-state index in [0.29, 0.717) is 17.4 Å². The van der Waals surface area contributed by atoms with Crippen molar-refractivity contribution in [3.63, 3.8) is 0 Å². The number of hydrogen-bond acceptors (Lipinski definition) is 3. The zero-order valence-corrected chi connectivity index (χ0v) is 13.0. The molecule has 0 aromatic rings. The van der Waals surface area contributed by atoms with Crippen LogP contribution in [0.25, 0.3) is 0 Å². The van der Waals surface area contributed by atoms with Crippen LogP contribution in [0.1, 0.15) is 44.9 Å². The van der Waals surface area contributed by atoms with Gasteiger partial charge in [-0.05, 0) is 44.4 Å². The Hall–Kier alpha value is -1.30. The van der Waals surface area contributed by atoms with Crippen molar-refractivity contribution in [2.75, 3.05) is 19.8 Å². The van der Waals surface area contributed by atoms with Crippen LogP contribution in [0.15, 0.2) is 0 Å². The van der Waals surface area contributed by atoms with Gasteiger partial charge >= 0.3 is 6.03 Å². The van der Waals surface area contributed by atoms with Gasteiger partial charge in [0.05, 0.1) is 0 Å². The Labute approximate surface area is 130 Å². The standard InChI is InChI=1S/C16H25N3O3/c17-14(21)18-16(6-7-16)13(20)19-10-15(4-1-5-15)12(19)11-2-8-22-9-3-11/h11-12H,1-10H2,(H3,17,18,21). The molecule has 2 heterocycles. The Morgan fingerprint density at radius 1 is 1.14 bits per heavy atom. The van der Waals surface area contributed by atoms with Crippen LogP contribution in [0.4, 0.5) is 4.79 Å². The number of nitrogens with two attached hydrogens (primary N) is 1. The Kier molecular flexibility index (Phi) is 3.15. The molecule has 2 aliphatic heterocycles. The fourth-order valence-corrected chi connectivity index (χ4v) is 4.85. The Balaban J connectivity index is 1.51. The number of urea groups is 1. The van der Waals surface area contributed by atoms with Crippen molar-refractivity contribution in [3.05, 3.63) is 0 Å². The molecule has 2 saturated heterocycles. The molecule has 2 saturated carbocycles. The predicted octanol–water partition coefficient (Wildman–Crippen LogP) is 0.995. The van der Waals surface area contributed by atoms with E-state index >= 15 is 0 Å². The molecule has 2 aliphatic carbocycles. The summed E-state index contributed by atoms with van der Waals surface area (Å²) >= 11 is 0. The van der Waals surface area contributed by atoms with Crippen molar-refractivity contribution in [2.24, 2.45) is 17.1 Å². The van der Waals surface area contributed by atoms with Gasteiger partial charge in [-0.2, -0.15) is 0 Å². The summed E-state index contributed by atoms with van der Waals surface area (Å²) in [4.78, 5) is 26.2. The lowest BCUT2D eigenvalue weighted by molar-refractivity contribution is -0.185. The molecule has 4 fully saturated rings. The van der Waals surface area contributed by atoms with E-state index in [9.17, 15) is 9.59 Å². The molecule has 0 radical (unpaired) electrons. The summed E-state index contributed by atoms with van der Waals surface area (Å²) in [5.74, 6) is 0.649. The maximum atomic E-state index is 13.0. The van der Waals surface area contributed by atoms with Crippen LogP contribution in [-0.2, 0) is 9.53 Å². The van der Waals surface area contributed by atoms with E-state index in [0.717, 1.165) is 45.4 Å². The van der Waals surface area contributed by atoms with E-state index < -0.39 is 11.6 Å². The minimum absolute atomic E-state index is 0.0975. The number of carbonyl (C=O) groups excluding carboxylic acids is 2. The van der Waals surface area contributed by atoms with Gasteiger partial charge in [0.2, 0.25) is 5.91 Å². The van der Waals surface area contributed by atoms with Crippen molar-refractivity contribution >= 4 is 11.9 Å². The molecule has 6 nitrogen and oxygen atoms in total. The molecule has 0 aromatic heterocycles. The highest BCUT2D eigenvalue weighted by molar-refractivity contribution is 5.94. The minimum atomic E-state index is -0.694. The average Bonchev–Trinajstić information content (AvgIpc) is 3.17. The number of nitrogens with one attached hydrogen (secondary N) is 1. The van der Waals surface area contributed by atoms with Gasteiger partial charge in [-0.1, -0.05) is 6.42 Å². The summed E-state index contributed by atoms with van der Waals surface area (Å²) in [5.41, 5.74) is 4.91. The van der Waals surface area contributed by atoms with Crippen molar-refractivity contribution in [1.82, 2.24) is 10.2 Å². The van der Waals surface area contributed by atoms with Gasteiger partial charge in [-0.3, -0.25) is 4.79 Å². The molecule has 1 atom stereocenters. The van der Waals surface area contributed by atoms with Gasteiger partial charge in [0.15, 0.2) is 0 Å². The first kappa shape index (κ1) is 14.3. The van der Waals surface area contributed by atoms with Crippen LogP contribution in [0.5, 0.6) is 0 Å². The van der Waals surface area contributed by atoms with E-state index in [1.165, 1.54) is 19.3 Å². The van der Waals surface area contributed by atoms with E-state index in [1.54, 1.807) is 0 Å². The van der Waals surface area contributed by atoms with E-state index in [1.807, 2.05) is 0 Å². The molecule has 4 aliphatic rings. The maximum absolute atomic E-state index is 13.0. The SMILES string of the molecule is NC(=O)NC1(C(=O)N2CC3(CCC3)C2C2CCOCC2)CC1. The average molecular weight is 307 g/mol. The van der Waals surface area contributed by atoms with Crippen LogP contribution < -0.4 is 11.1 Å². The maximum Gasteiger partial charge on any atom is 0.313 e. The second-order valence-corrected chi connectivity index (χ2v) is 7.61. The first-order valence-electron chi connectivity index (χ1n) is 8.53. The smallest absolute Gasteiger partial charge is 0.313 e. The Bertz CT molecular complexity index is 493. The number of likely N-dealkylation sites (tertiary alicyclic amines) is 1. The number of amides is 3. The van der Waals surface area contributed by atoms with Crippen LogP contribution >= 0.6 is 0 Å². The first-order valence-corrected chi connectivity index (χ1v) is 8.53. The second-order valence-electron chi connectivity index (χ2n) is 7.61. The Morgan fingerprint density at radius 2 is 1.82 bits per heavy atom. The normalized spacial score (nSPS) is 32.0. The zero-order chi connectivity index (χ0) is 15.4. The molecule has 0 bridgehead atoms. The van der Waals surface area contributed by atoms with Crippen LogP contribution in [0.3, 0.4) is 0 Å². The van der Waals surface area contributed by atoms with Crippen LogP contribution in [-0.4, -0.2) is 48.2 Å². The van der Waals surface area contributed by atoms with E-state index in [2.05, 4.69) is 10.2 Å². The molecule has 1 spiro atoms. The quantitative estimate of drug-likeness (QED) is 0.815. The van der Waals surface area contributed by atoms with E-state index in [-0.39, 0.29) is 5.91 Å².